The molecule has 0 aromatic heterocycles. The Kier molecular flexibility index (Phi) is 3.37. The van der Waals surface area contributed by atoms with Gasteiger partial charge in [0.1, 0.15) is 11.6 Å². The number of cyclic esters (lactones) is 1. The van der Waals surface area contributed by atoms with Crippen LogP contribution in [0.4, 0.5) is 16.2 Å². The molecule has 3 aliphatic heterocycles. The second-order valence-corrected chi connectivity index (χ2v) is 6.42. The Morgan fingerprint density at radius 2 is 1.91 bits per heavy atom. The normalized spacial score (nSPS) is 26.0. The van der Waals surface area contributed by atoms with E-state index in [9.17, 15) is 9.59 Å². The molecule has 3 aliphatic rings. The highest BCUT2D eigenvalue weighted by Crippen LogP contribution is 2.36. The van der Waals surface area contributed by atoms with Gasteiger partial charge in [-0.1, -0.05) is 12.1 Å². The summed E-state index contributed by atoms with van der Waals surface area (Å²) in [7, 11) is 0. The van der Waals surface area contributed by atoms with E-state index in [0.717, 1.165) is 37.3 Å². The van der Waals surface area contributed by atoms with Crippen LogP contribution in [0.15, 0.2) is 24.3 Å². The van der Waals surface area contributed by atoms with E-state index in [2.05, 4.69) is 20.9 Å². The minimum atomic E-state index is -0.532. The van der Waals surface area contributed by atoms with E-state index in [0.29, 0.717) is 13.1 Å². The second kappa shape index (κ2) is 5.42. The maximum atomic E-state index is 12.6. The number of likely N-dealkylation sites (tertiary alicyclic amines) is 1. The zero-order valence-corrected chi connectivity index (χ0v) is 12.8. The van der Waals surface area contributed by atoms with Crippen LogP contribution in [0.5, 0.6) is 0 Å². The summed E-state index contributed by atoms with van der Waals surface area (Å²) in [4.78, 5) is 25.9. The first-order valence-electron chi connectivity index (χ1n) is 8.00. The van der Waals surface area contributed by atoms with Crippen molar-refractivity contribution in [1.29, 1.82) is 0 Å². The molecule has 122 valence electrons. The Morgan fingerprint density at radius 3 is 2.61 bits per heavy atom. The maximum Gasteiger partial charge on any atom is 0.407 e. The number of benzene rings is 1. The Labute approximate surface area is 134 Å². The maximum absolute atomic E-state index is 12.6. The zero-order chi connectivity index (χ0) is 15.9. The fourth-order valence-corrected chi connectivity index (χ4v) is 3.55. The summed E-state index contributed by atoms with van der Waals surface area (Å²) in [5, 5.41) is 9.13. The lowest BCUT2D eigenvalue weighted by molar-refractivity contribution is -0.122. The van der Waals surface area contributed by atoms with Gasteiger partial charge in [0.25, 0.3) is 0 Å². The number of nitrogens with zero attached hydrogens (tertiary/aromatic N) is 1. The number of alkyl carbamates (subject to hydrolysis) is 1. The van der Waals surface area contributed by atoms with Gasteiger partial charge in [-0.05, 0) is 25.0 Å². The third-order valence-corrected chi connectivity index (χ3v) is 4.90. The molecule has 1 aromatic carbocycles. The SMILES string of the molecule is O=C1NCC(CN2CCC3(CC2)Nc2ccccc2NC3=O)O1. The molecule has 0 bridgehead atoms. The molecule has 3 N–H and O–H groups in total. The van der Waals surface area contributed by atoms with Crippen molar-refractivity contribution in [3.05, 3.63) is 24.3 Å². The number of hydrogen-bond acceptors (Lipinski definition) is 5. The highest BCUT2D eigenvalue weighted by atomic mass is 16.6. The summed E-state index contributed by atoms with van der Waals surface area (Å²) in [6.45, 7) is 2.88. The molecule has 2 amide bonds. The molecule has 2 fully saturated rings. The van der Waals surface area contributed by atoms with Gasteiger partial charge in [-0.25, -0.2) is 4.79 Å². The first-order valence-corrected chi connectivity index (χ1v) is 8.00. The van der Waals surface area contributed by atoms with E-state index in [1.54, 1.807) is 0 Å². The molecule has 3 heterocycles. The van der Waals surface area contributed by atoms with Gasteiger partial charge in [-0.3, -0.25) is 9.69 Å². The number of rotatable bonds is 2. The molecule has 23 heavy (non-hydrogen) atoms. The summed E-state index contributed by atoms with van der Waals surface area (Å²) in [5.41, 5.74) is 1.29. The molecule has 1 spiro atoms. The van der Waals surface area contributed by atoms with Crippen LogP contribution in [0.1, 0.15) is 12.8 Å². The molecule has 2 saturated heterocycles. The number of hydrogen-bond donors (Lipinski definition) is 3. The highest BCUT2D eigenvalue weighted by Gasteiger charge is 2.44. The van der Waals surface area contributed by atoms with Gasteiger partial charge < -0.3 is 20.7 Å². The van der Waals surface area contributed by atoms with E-state index in [1.807, 2.05) is 24.3 Å². The van der Waals surface area contributed by atoms with Crippen LogP contribution in [0.3, 0.4) is 0 Å². The predicted molar refractivity (Wildman–Crippen MR) is 85.4 cm³/mol. The van der Waals surface area contributed by atoms with E-state index in [1.165, 1.54) is 0 Å². The van der Waals surface area contributed by atoms with Crippen LogP contribution in [0.2, 0.25) is 0 Å². The number of amides is 2. The summed E-state index contributed by atoms with van der Waals surface area (Å²) in [6, 6.07) is 7.78. The minimum absolute atomic E-state index is 0.0461. The predicted octanol–water partition coefficient (Wildman–Crippen LogP) is 0.994. The lowest BCUT2D eigenvalue weighted by Gasteiger charge is -2.44. The molecular weight excluding hydrogens is 296 g/mol. The third-order valence-electron chi connectivity index (χ3n) is 4.90. The van der Waals surface area contributed by atoms with Crippen molar-refractivity contribution in [1.82, 2.24) is 10.2 Å². The highest BCUT2D eigenvalue weighted by molar-refractivity contribution is 6.06. The summed E-state index contributed by atoms with van der Waals surface area (Å²) in [6.07, 6.45) is 1.04. The molecule has 7 nitrogen and oxygen atoms in total. The fraction of sp³-hybridized carbons (Fsp3) is 0.500. The van der Waals surface area contributed by atoms with E-state index < -0.39 is 5.54 Å². The molecule has 1 aromatic rings. The largest absolute Gasteiger partial charge is 0.443 e. The van der Waals surface area contributed by atoms with E-state index in [-0.39, 0.29) is 18.1 Å². The minimum Gasteiger partial charge on any atom is -0.443 e. The molecule has 4 rings (SSSR count). The van der Waals surface area contributed by atoms with Crippen molar-refractivity contribution in [3.8, 4) is 0 Å². The van der Waals surface area contributed by atoms with Crippen LogP contribution in [-0.2, 0) is 9.53 Å². The van der Waals surface area contributed by atoms with Crippen molar-refractivity contribution in [2.75, 3.05) is 36.8 Å². The van der Waals surface area contributed by atoms with Gasteiger partial charge in [0.15, 0.2) is 0 Å². The number of anilines is 2. The van der Waals surface area contributed by atoms with Crippen molar-refractivity contribution < 1.29 is 14.3 Å². The fourth-order valence-electron chi connectivity index (χ4n) is 3.55. The van der Waals surface area contributed by atoms with Crippen molar-refractivity contribution >= 4 is 23.4 Å². The molecule has 0 aliphatic carbocycles. The monoisotopic (exact) mass is 316 g/mol. The van der Waals surface area contributed by atoms with Crippen molar-refractivity contribution in [2.24, 2.45) is 0 Å². The first kappa shape index (κ1) is 14.3. The second-order valence-electron chi connectivity index (χ2n) is 6.42. The van der Waals surface area contributed by atoms with Crippen LogP contribution >= 0.6 is 0 Å². The Morgan fingerprint density at radius 1 is 1.17 bits per heavy atom. The van der Waals surface area contributed by atoms with Gasteiger partial charge in [-0.15, -0.1) is 0 Å². The number of fused-ring (bicyclic) bond motifs is 1. The van der Waals surface area contributed by atoms with E-state index >= 15 is 0 Å². The number of piperidine rings is 1. The number of nitrogens with one attached hydrogen (secondary N) is 3. The Hall–Kier alpha value is -2.28. The molecular formula is C16H20N4O3. The lowest BCUT2D eigenvalue weighted by atomic mass is 9.84. The van der Waals surface area contributed by atoms with Gasteiger partial charge in [-0.2, -0.15) is 0 Å². The summed E-state index contributed by atoms with van der Waals surface area (Å²) < 4.78 is 5.18. The number of para-hydroxylation sites is 2. The van der Waals surface area contributed by atoms with Gasteiger partial charge in [0.2, 0.25) is 5.91 Å². The Balaban J connectivity index is 1.41. The smallest absolute Gasteiger partial charge is 0.407 e. The molecule has 1 unspecified atom stereocenters. The Bertz CT molecular complexity index is 640. The van der Waals surface area contributed by atoms with Gasteiger partial charge in [0.05, 0.1) is 17.9 Å². The van der Waals surface area contributed by atoms with Gasteiger partial charge in [0, 0.05) is 19.6 Å². The van der Waals surface area contributed by atoms with Crippen molar-refractivity contribution in [3.63, 3.8) is 0 Å². The summed E-state index contributed by atoms with van der Waals surface area (Å²) >= 11 is 0. The average molecular weight is 316 g/mol. The van der Waals surface area contributed by atoms with Crippen LogP contribution in [-0.4, -0.2) is 54.7 Å². The number of ether oxygens (including phenoxy) is 1. The first-order chi connectivity index (χ1) is 11.1. The number of carbonyl (C=O) groups is 2. The molecule has 0 saturated carbocycles. The zero-order valence-electron chi connectivity index (χ0n) is 12.8. The van der Waals surface area contributed by atoms with Crippen LogP contribution in [0, 0.1) is 0 Å². The molecule has 1 atom stereocenters. The molecule has 7 heteroatoms. The standard InChI is InChI=1S/C16H20N4O3/c21-14-16(19-13-4-2-1-3-12(13)18-14)5-7-20(8-6-16)10-11-9-17-15(22)23-11/h1-4,11,19H,5-10H2,(H,17,22)(H,18,21). The van der Waals surface area contributed by atoms with Crippen molar-refractivity contribution in [2.45, 2.75) is 24.5 Å². The van der Waals surface area contributed by atoms with E-state index in [4.69, 9.17) is 4.74 Å². The summed E-state index contributed by atoms with van der Waals surface area (Å²) in [5.74, 6) is 0.0461. The number of carbonyl (C=O) groups excluding carboxylic acids is 2. The average Bonchev–Trinajstić information content (AvgIpc) is 2.96. The lowest BCUT2D eigenvalue weighted by Crippen LogP contribution is -2.59. The quantitative estimate of drug-likeness (QED) is 0.758. The topological polar surface area (TPSA) is 82.7 Å². The molecule has 0 radical (unpaired) electrons. The van der Waals surface area contributed by atoms with Crippen LogP contribution in [0.25, 0.3) is 0 Å². The third kappa shape index (κ3) is 2.61. The van der Waals surface area contributed by atoms with Gasteiger partial charge >= 0.3 is 6.09 Å². The van der Waals surface area contributed by atoms with Crippen LogP contribution < -0.4 is 16.0 Å².